The fraction of sp³-hybridized carbons (Fsp3) is 0.389. The first-order chi connectivity index (χ1) is 11.5. The second-order valence-electron chi connectivity index (χ2n) is 6.31. The molecule has 6 heteroatoms. The van der Waals surface area contributed by atoms with Crippen molar-refractivity contribution in [2.24, 2.45) is 18.2 Å². The highest BCUT2D eigenvalue weighted by atomic mass is 16.5. The van der Waals surface area contributed by atoms with Crippen molar-refractivity contribution in [3.05, 3.63) is 35.5 Å². The van der Waals surface area contributed by atoms with E-state index >= 15 is 0 Å². The van der Waals surface area contributed by atoms with Gasteiger partial charge in [0.2, 0.25) is 5.91 Å². The van der Waals surface area contributed by atoms with Crippen molar-refractivity contribution in [3.8, 4) is 6.07 Å². The van der Waals surface area contributed by atoms with Gasteiger partial charge in [0.15, 0.2) is 5.41 Å². The SMILES string of the molecule is COC(=O)C1(C(N)=O)CCCC1c1ccc2c(c1)c(C#N)cn2C. The van der Waals surface area contributed by atoms with E-state index in [-0.39, 0.29) is 5.92 Å². The number of carbonyl (C=O) groups excluding carboxylic acids is 2. The Balaban J connectivity index is 2.17. The van der Waals surface area contributed by atoms with Gasteiger partial charge in [-0.25, -0.2) is 0 Å². The van der Waals surface area contributed by atoms with Crippen LogP contribution < -0.4 is 5.73 Å². The highest BCUT2D eigenvalue weighted by Gasteiger charge is 2.55. The van der Waals surface area contributed by atoms with Crippen LogP contribution in [0.5, 0.6) is 0 Å². The molecule has 1 aliphatic rings. The number of carbonyl (C=O) groups is 2. The number of primary amides is 1. The first-order valence-corrected chi connectivity index (χ1v) is 7.83. The number of methoxy groups -OCH3 is 1. The summed E-state index contributed by atoms with van der Waals surface area (Å²) in [6.07, 6.45) is 3.56. The van der Waals surface area contributed by atoms with Crippen LogP contribution in [0.1, 0.15) is 36.3 Å². The lowest BCUT2D eigenvalue weighted by Gasteiger charge is -2.30. The molecular formula is C18H19N3O3. The predicted molar refractivity (Wildman–Crippen MR) is 87.9 cm³/mol. The molecule has 0 radical (unpaired) electrons. The molecule has 0 aliphatic heterocycles. The second kappa shape index (κ2) is 5.68. The van der Waals surface area contributed by atoms with Crippen LogP contribution in [-0.4, -0.2) is 23.6 Å². The van der Waals surface area contributed by atoms with Crippen LogP contribution in [0.3, 0.4) is 0 Å². The molecule has 2 N–H and O–H groups in total. The zero-order chi connectivity index (χ0) is 17.5. The van der Waals surface area contributed by atoms with Gasteiger partial charge in [-0.1, -0.05) is 12.5 Å². The minimum Gasteiger partial charge on any atom is -0.468 e. The Morgan fingerprint density at radius 3 is 2.83 bits per heavy atom. The first kappa shape index (κ1) is 16.1. The molecule has 2 unspecified atom stereocenters. The molecule has 0 saturated heterocycles. The molecule has 1 aromatic heterocycles. The second-order valence-corrected chi connectivity index (χ2v) is 6.31. The molecule has 1 amide bonds. The van der Waals surface area contributed by atoms with Gasteiger partial charge in [-0.05, 0) is 30.5 Å². The zero-order valence-corrected chi connectivity index (χ0v) is 13.7. The van der Waals surface area contributed by atoms with E-state index in [9.17, 15) is 14.9 Å². The number of aryl methyl sites for hydroxylation is 1. The average Bonchev–Trinajstić information content (AvgIpc) is 3.16. The van der Waals surface area contributed by atoms with Gasteiger partial charge in [0.05, 0.1) is 12.7 Å². The lowest BCUT2D eigenvalue weighted by molar-refractivity contribution is -0.158. The van der Waals surface area contributed by atoms with E-state index in [0.29, 0.717) is 18.4 Å². The van der Waals surface area contributed by atoms with E-state index in [1.807, 2.05) is 29.8 Å². The number of nitriles is 1. The summed E-state index contributed by atoms with van der Waals surface area (Å²) >= 11 is 0. The minimum atomic E-state index is -1.33. The number of amides is 1. The summed E-state index contributed by atoms with van der Waals surface area (Å²) in [6.45, 7) is 0. The van der Waals surface area contributed by atoms with Gasteiger partial charge >= 0.3 is 5.97 Å². The lowest BCUT2D eigenvalue weighted by atomic mass is 9.73. The van der Waals surface area contributed by atoms with Crippen LogP contribution in [0.4, 0.5) is 0 Å². The normalized spacial score (nSPS) is 23.1. The Hall–Kier alpha value is -2.81. The van der Waals surface area contributed by atoms with Gasteiger partial charge in [-0.15, -0.1) is 0 Å². The van der Waals surface area contributed by atoms with E-state index in [2.05, 4.69) is 6.07 Å². The van der Waals surface area contributed by atoms with E-state index in [1.165, 1.54) is 7.11 Å². The molecule has 3 rings (SSSR count). The highest BCUT2D eigenvalue weighted by molar-refractivity contribution is 6.03. The van der Waals surface area contributed by atoms with Gasteiger partial charge in [0, 0.05) is 30.1 Å². The molecule has 1 heterocycles. The summed E-state index contributed by atoms with van der Waals surface area (Å²) in [5.74, 6) is -1.56. The number of ether oxygens (including phenoxy) is 1. The molecule has 2 atom stereocenters. The Bertz CT molecular complexity index is 877. The number of esters is 1. The maximum absolute atomic E-state index is 12.4. The molecule has 0 spiro atoms. The summed E-state index contributed by atoms with van der Waals surface area (Å²) in [5, 5.41) is 10.1. The zero-order valence-electron chi connectivity index (χ0n) is 13.7. The topological polar surface area (TPSA) is 98.1 Å². The van der Waals surface area contributed by atoms with Crippen molar-refractivity contribution >= 4 is 22.8 Å². The smallest absolute Gasteiger partial charge is 0.321 e. The Morgan fingerprint density at radius 2 is 2.21 bits per heavy atom. The van der Waals surface area contributed by atoms with Crippen molar-refractivity contribution in [3.63, 3.8) is 0 Å². The minimum absolute atomic E-state index is 0.335. The molecule has 1 saturated carbocycles. The van der Waals surface area contributed by atoms with E-state index < -0.39 is 17.3 Å². The highest BCUT2D eigenvalue weighted by Crippen LogP contribution is 2.50. The van der Waals surface area contributed by atoms with Crippen molar-refractivity contribution < 1.29 is 14.3 Å². The summed E-state index contributed by atoms with van der Waals surface area (Å²) in [5.41, 5.74) is 6.62. The molecule has 1 fully saturated rings. The van der Waals surface area contributed by atoms with E-state index in [4.69, 9.17) is 10.5 Å². The molecule has 1 aliphatic carbocycles. The third-order valence-corrected chi connectivity index (χ3v) is 5.18. The predicted octanol–water partition coefficient (Wildman–Crippen LogP) is 1.96. The maximum atomic E-state index is 12.4. The average molecular weight is 325 g/mol. The fourth-order valence-corrected chi connectivity index (χ4v) is 3.99. The maximum Gasteiger partial charge on any atom is 0.321 e. The summed E-state index contributed by atoms with van der Waals surface area (Å²) in [4.78, 5) is 24.5. The summed E-state index contributed by atoms with van der Waals surface area (Å²) < 4.78 is 6.77. The summed E-state index contributed by atoms with van der Waals surface area (Å²) in [7, 11) is 3.15. The standard InChI is InChI=1S/C18H19N3O3/c1-21-10-12(9-19)13-8-11(5-6-15(13)21)14-4-3-7-18(14,16(20)22)17(23)24-2/h5-6,8,10,14H,3-4,7H2,1-2H3,(H2,20,22). The van der Waals surface area contributed by atoms with Gasteiger partial charge < -0.3 is 15.0 Å². The van der Waals surface area contributed by atoms with Crippen LogP contribution in [0.2, 0.25) is 0 Å². The van der Waals surface area contributed by atoms with Gasteiger partial charge in [-0.2, -0.15) is 5.26 Å². The third kappa shape index (κ3) is 2.08. The number of rotatable bonds is 3. The Labute approximate surface area is 139 Å². The van der Waals surface area contributed by atoms with E-state index in [1.54, 1.807) is 6.20 Å². The number of hydrogen-bond acceptors (Lipinski definition) is 4. The lowest BCUT2D eigenvalue weighted by Crippen LogP contribution is -2.46. The number of benzene rings is 1. The first-order valence-electron chi connectivity index (χ1n) is 7.83. The third-order valence-electron chi connectivity index (χ3n) is 5.18. The number of hydrogen-bond donors (Lipinski definition) is 1. The quantitative estimate of drug-likeness (QED) is 0.689. The molecule has 0 bridgehead atoms. The van der Waals surface area contributed by atoms with Crippen LogP contribution in [0, 0.1) is 16.7 Å². The van der Waals surface area contributed by atoms with Crippen LogP contribution in [-0.2, 0) is 21.4 Å². The number of fused-ring (bicyclic) bond motifs is 1. The van der Waals surface area contributed by atoms with E-state index in [0.717, 1.165) is 22.9 Å². The van der Waals surface area contributed by atoms with Crippen LogP contribution >= 0.6 is 0 Å². The van der Waals surface area contributed by atoms with Crippen molar-refractivity contribution in [2.75, 3.05) is 7.11 Å². The van der Waals surface area contributed by atoms with Crippen molar-refractivity contribution in [2.45, 2.75) is 25.2 Å². The van der Waals surface area contributed by atoms with Crippen LogP contribution in [0.25, 0.3) is 10.9 Å². The Kier molecular flexibility index (Phi) is 3.80. The van der Waals surface area contributed by atoms with Gasteiger partial charge in [0.25, 0.3) is 0 Å². The van der Waals surface area contributed by atoms with Crippen molar-refractivity contribution in [1.82, 2.24) is 4.57 Å². The Morgan fingerprint density at radius 1 is 1.46 bits per heavy atom. The largest absolute Gasteiger partial charge is 0.468 e. The van der Waals surface area contributed by atoms with Crippen molar-refractivity contribution in [1.29, 1.82) is 5.26 Å². The van der Waals surface area contributed by atoms with Gasteiger partial charge in [-0.3, -0.25) is 9.59 Å². The van der Waals surface area contributed by atoms with Crippen LogP contribution in [0.15, 0.2) is 24.4 Å². The number of nitrogens with two attached hydrogens (primary N) is 1. The molecule has 6 nitrogen and oxygen atoms in total. The van der Waals surface area contributed by atoms with Gasteiger partial charge in [0.1, 0.15) is 6.07 Å². The molecule has 1 aromatic carbocycles. The summed E-state index contributed by atoms with van der Waals surface area (Å²) in [6, 6.07) is 7.89. The fourth-order valence-electron chi connectivity index (χ4n) is 3.99. The monoisotopic (exact) mass is 325 g/mol. The molecular weight excluding hydrogens is 306 g/mol. The number of nitrogens with zero attached hydrogens (tertiary/aromatic N) is 2. The molecule has 2 aromatic rings. The molecule has 124 valence electrons. The number of aromatic nitrogens is 1. The molecule has 24 heavy (non-hydrogen) atoms.